The first-order valence-electron chi connectivity index (χ1n) is 9.06. The Hall–Kier alpha value is -2.79. The largest absolute Gasteiger partial charge is 0.493 e. The lowest BCUT2D eigenvalue weighted by molar-refractivity contribution is -0.118. The van der Waals surface area contributed by atoms with Gasteiger partial charge in [-0.1, -0.05) is 46.3 Å². The number of carbonyl (C=O) groups excluding carboxylic acids is 1. The van der Waals surface area contributed by atoms with Crippen LogP contribution in [0.2, 0.25) is 0 Å². The molecule has 0 unspecified atom stereocenters. The normalized spacial score (nSPS) is 10.4. The Labute approximate surface area is 173 Å². The highest BCUT2D eigenvalue weighted by atomic mass is 79.9. The molecule has 0 heterocycles. The fourth-order valence-corrected chi connectivity index (χ4v) is 3.16. The van der Waals surface area contributed by atoms with Crippen LogP contribution in [0.15, 0.2) is 77.3 Å². The zero-order chi connectivity index (χ0) is 19.8. The number of hydrogen-bond donors (Lipinski definition) is 1. The van der Waals surface area contributed by atoms with Gasteiger partial charge in [0.25, 0.3) is 5.91 Å². The third-order valence-corrected chi connectivity index (χ3v) is 4.63. The molecule has 0 spiro atoms. The number of amides is 1. The van der Waals surface area contributed by atoms with Crippen molar-refractivity contribution in [2.45, 2.75) is 13.3 Å². The van der Waals surface area contributed by atoms with Crippen LogP contribution in [0.25, 0.3) is 0 Å². The van der Waals surface area contributed by atoms with Crippen molar-refractivity contribution in [3.05, 3.63) is 88.4 Å². The summed E-state index contributed by atoms with van der Waals surface area (Å²) in [7, 11) is 0. The Kier molecular flexibility index (Phi) is 7.09. The standard InChI is InChI=1S/C23H22BrNO3/c1-17-15-19(24)7-12-22(17)28-16-23(26)25-20-8-10-21(11-9-20)27-14-13-18-5-3-2-4-6-18/h2-12,15H,13-14,16H2,1H3,(H,25,26). The topological polar surface area (TPSA) is 47.6 Å². The van der Waals surface area contributed by atoms with E-state index in [1.807, 2.05) is 67.6 Å². The van der Waals surface area contributed by atoms with Crippen molar-refractivity contribution in [3.8, 4) is 11.5 Å². The summed E-state index contributed by atoms with van der Waals surface area (Å²) in [5.41, 5.74) is 2.92. The van der Waals surface area contributed by atoms with Crippen molar-refractivity contribution in [2.75, 3.05) is 18.5 Å². The highest BCUT2D eigenvalue weighted by Gasteiger charge is 2.06. The molecule has 144 valence electrons. The maximum absolute atomic E-state index is 12.1. The molecule has 0 saturated carbocycles. The lowest BCUT2D eigenvalue weighted by Gasteiger charge is -2.11. The van der Waals surface area contributed by atoms with E-state index in [0.29, 0.717) is 18.0 Å². The molecule has 0 aliphatic carbocycles. The molecule has 0 aliphatic rings. The minimum absolute atomic E-state index is 0.0438. The number of hydrogen-bond acceptors (Lipinski definition) is 3. The molecule has 0 radical (unpaired) electrons. The maximum Gasteiger partial charge on any atom is 0.262 e. The van der Waals surface area contributed by atoms with Crippen molar-refractivity contribution >= 4 is 27.5 Å². The first kappa shape index (κ1) is 20.0. The summed E-state index contributed by atoms with van der Waals surface area (Å²) in [6, 6.07) is 23.2. The van der Waals surface area contributed by atoms with Gasteiger partial charge in [0, 0.05) is 16.6 Å². The first-order chi connectivity index (χ1) is 13.6. The second kappa shape index (κ2) is 9.95. The predicted octanol–water partition coefficient (Wildman–Crippen LogP) is 5.40. The van der Waals surface area contributed by atoms with Gasteiger partial charge in [0.15, 0.2) is 6.61 Å². The Bertz CT molecular complexity index is 911. The van der Waals surface area contributed by atoms with Gasteiger partial charge in [-0.25, -0.2) is 0 Å². The van der Waals surface area contributed by atoms with Crippen LogP contribution in [0.5, 0.6) is 11.5 Å². The van der Waals surface area contributed by atoms with Gasteiger partial charge in [0.1, 0.15) is 11.5 Å². The van der Waals surface area contributed by atoms with Gasteiger partial charge < -0.3 is 14.8 Å². The number of ether oxygens (including phenoxy) is 2. The summed E-state index contributed by atoms with van der Waals surface area (Å²) >= 11 is 3.41. The lowest BCUT2D eigenvalue weighted by atomic mass is 10.2. The molecular formula is C23H22BrNO3. The number of benzene rings is 3. The van der Waals surface area contributed by atoms with Gasteiger partial charge in [-0.05, 0) is 60.5 Å². The van der Waals surface area contributed by atoms with E-state index < -0.39 is 0 Å². The minimum atomic E-state index is -0.208. The van der Waals surface area contributed by atoms with Gasteiger partial charge in [0.2, 0.25) is 0 Å². The van der Waals surface area contributed by atoms with Crippen molar-refractivity contribution in [1.29, 1.82) is 0 Å². The number of halogens is 1. The van der Waals surface area contributed by atoms with Crippen LogP contribution < -0.4 is 14.8 Å². The van der Waals surface area contributed by atoms with Gasteiger partial charge >= 0.3 is 0 Å². The van der Waals surface area contributed by atoms with Crippen molar-refractivity contribution < 1.29 is 14.3 Å². The van der Waals surface area contributed by atoms with Crippen LogP contribution in [0, 0.1) is 6.92 Å². The van der Waals surface area contributed by atoms with E-state index in [2.05, 4.69) is 33.4 Å². The Morgan fingerprint density at radius 3 is 2.43 bits per heavy atom. The molecule has 28 heavy (non-hydrogen) atoms. The van der Waals surface area contributed by atoms with E-state index in [-0.39, 0.29) is 12.5 Å². The molecule has 0 aromatic heterocycles. The minimum Gasteiger partial charge on any atom is -0.493 e. The highest BCUT2D eigenvalue weighted by molar-refractivity contribution is 9.10. The second-order valence-electron chi connectivity index (χ2n) is 6.36. The Morgan fingerprint density at radius 1 is 0.964 bits per heavy atom. The molecule has 0 fully saturated rings. The van der Waals surface area contributed by atoms with E-state index in [0.717, 1.165) is 22.2 Å². The second-order valence-corrected chi connectivity index (χ2v) is 7.27. The molecule has 5 heteroatoms. The predicted molar refractivity (Wildman–Crippen MR) is 115 cm³/mol. The maximum atomic E-state index is 12.1. The Balaban J connectivity index is 1.43. The summed E-state index contributed by atoms with van der Waals surface area (Å²) in [6.45, 7) is 2.50. The third-order valence-electron chi connectivity index (χ3n) is 4.14. The SMILES string of the molecule is Cc1cc(Br)ccc1OCC(=O)Nc1ccc(OCCc2ccccc2)cc1. The van der Waals surface area contributed by atoms with E-state index in [1.165, 1.54) is 5.56 Å². The highest BCUT2D eigenvalue weighted by Crippen LogP contribution is 2.22. The summed E-state index contributed by atoms with van der Waals surface area (Å²) in [5.74, 6) is 1.26. The summed E-state index contributed by atoms with van der Waals surface area (Å²) in [4.78, 5) is 12.1. The van der Waals surface area contributed by atoms with Gasteiger partial charge in [-0.3, -0.25) is 4.79 Å². The first-order valence-corrected chi connectivity index (χ1v) is 9.85. The monoisotopic (exact) mass is 439 g/mol. The summed E-state index contributed by atoms with van der Waals surface area (Å²) in [6.07, 6.45) is 0.853. The average molecular weight is 440 g/mol. The van der Waals surface area contributed by atoms with Crippen LogP contribution in [-0.2, 0) is 11.2 Å². The zero-order valence-corrected chi connectivity index (χ0v) is 17.2. The third kappa shape index (κ3) is 6.13. The van der Waals surface area contributed by atoms with Crippen molar-refractivity contribution in [2.24, 2.45) is 0 Å². The lowest BCUT2D eigenvalue weighted by Crippen LogP contribution is -2.20. The van der Waals surface area contributed by atoms with Crippen LogP contribution in [0.3, 0.4) is 0 Å². The van der Waals surface area contributed by atoms with Gasteiger partial charge in [-0.2, -0.15) is 0 Å². The molecular weight excluding hydrogens is 418 g/mol. The molecule has 0 saturated heterocycles. The van der Waals surface area contributed by atoms with E-state index >= 15 is 0 Å². The Morgan fingerprint density at radius 2 is 1.71 bits per heavy atom. The van der Waals surface area contributed by atoms with Crippen LogP contribution >= 0.6 is 15.9 Å². The quantitative estimate of drug-likeness (QED) is 0.511. The number of aryl methyl sites for hydroxylation is 1. The number of carbonyl (C=O) groups is 1. The smallest absolute Gasteiger partial charge is 0.262 e. The molecule has 0 aliphatic heterocycles. The molecule has 3 aromatic rings. The van der Waals surface area contributed by atoms with Crippen molar-refractivity contribution in [3.63, 3.8) is 0 Å². The van der Waals surface area contributed by atoms with E-state index in [1.54, 1.807) is 0 Å². The van der Waals surface area contributed by atoms with Gasteiger partial charge in [0.05, 0.1) is 6.61 Å². The molecule has 3 rings (SSSR count). The molecule has 3 aromatic carbocycles. The fourth-order valence-electron chi connectivity index (χ4n) is 2.68. The molecule has 1 amide bonds. The van der Waals surface area contributed by atoms with Crippen LogP contribution in [0.4, 0.5) is 5.69 Å². The number of rotatable bonds is 8. The summed E-state index contributed by atoms with van der Waals surface area (Å²) < 4.78 is 12.3. The fraction of sp³-hybridized carbons (Fsp3) is 0.174. The molecule has 0 bridgehead atoms. The van der Waals surface area contributed by atoms with Crippen molar-refractivity contribution in [1.82, 2.24) is 0 Å². The van der Waals surface area contributed by atoms with E-state index in [4.69, 9.17) is 9.47 Å². The number of anilines is 1. The molecule has 1 N–H and O–H groups in total. The zero-order valence-electron chi connectivity index (χ0n) is 15.7. The molecule has 0 atom stereocenters. The average Bonchev–Trinajstić information content (AvgIpc) is 2.69. The van der Waals surface area contributed by atoms with E-state index in [9.17, 15) is 4.79 Å². The molecule has 4 nitrogen and oxygen atoms in total. The van der Waals surface area contributed by atoms with Gasteiger partial charge in [-0.15, -0.1) is 0 Å². The van der Waals surface area contributed by atoms with Crippen LogP contribution in [-0.4, -0.2) is 19.1 Å². The number of nitrogens with one attached hydrogen (secondary N) is 1. The van der Waals surface area contributed by atoms with Crippen LogP contribution in [0.1, 0.15) is 11.1 Å². The summed E-state index contributed by atoms with van der Waals surface area (Å²) in [5, 5.41) is 2.82.